The fraction of sp³-hybridized carbons (Fsp3) is 0.500. The van der Waals surface area contributed by atoms with Crippen LogP contribution in [0.5, 0.6) is 0 Å². The summed E-state index contributed by atoms with van der Waals surface area (Å²) in [6.07, 6.45) is 12.7. The molecule has 1 N–H and O–H groups in total. The fourth-order valence-electron chi connectivity index (χ4n) is 4.15. The molecule has 1 atom stereocenters. The van der Waals surface area contributed by atoms with Crippen molar-refractivity contribution in [2.75, 3.05) is 19.8 Å². The van der Waals surface area contributed by atoms with Crippen molar-refractivity contribution >= 4 is 0 Å². The van der Waals surface area contributed by atoms with Crippen LogP contribution in [-0.4, -0.2) is 46.5 Å². The van der Waals surface area contributed by atoms with Crippen LogP contribution in [0.2, 0.25) is 0 Å². The number of hydrogen-bond donors (Lipinski definition) is 1. The van der Waals surface area contributed by atoms with Gasteiger partial charge >= 0.3 is 0 Å². The SMILES string of the molecule is C#CCOC[C@H](O)CN(Cc1cccn1Cc1cccc(F)c1)C1CCCCC1. The lowest BCUT2D eigenvalue weighted by molar-refractivity contribution is 0.0101. The molecule has 4 nitrogen and oxygen atoms in total. The second kappa shape index (κ2) is 11.2. The van der Waals surface area contributed by atoms with Gasteiger partial charge in [0.15, 0.2) is 0 Å². The molecule has 1 heterocycles. The topological polar surface area (TPSA) is 37.6 Å². The van der Waals surface area contributed by atoms with E-state index in [4.69, 9.17) is 11.2 Å². The first-order chi connectivity index (χ1) is 14.2. The van der Waals surface area contributed by atoms with E-state index in [2.05, 4.69) is 21.5 Å². The lowest BCUT2D eigenvalue weighted by Crippen LogP contribution is -2.42. The summed E-state index contributed by atoms with van der Waals surface area (Å²) < 4.78 is 21.0. The van der Waals surface area contributed by atoms with Crippen LogP contribution >= 0.6 is 0 Å². The van der Waals surface area contributed by atoms with E-state index in [1.54, 1.807) is 12.1 Å². The number of hydrogen-bond acceptors (Lipinski definition) is 3. The highest BCUT2D eigenvalue weighted by Gasteiger charge is 2.24. The molecule has 0 unspecified atom stereocenters. The van der Waals surface area contributed by atoms with Gasteiger partial charge in [0.1, 0.15) is 12.4 Å². The highest BCUT2D eigenvalue weighted by Crippen LogP contribution is 2.25. The highest BCUT2D eigenvalue weighted by molar-refractivity contribution is 5.19. The van der Waals surface area contributed by atoms with E-state index in [0.717, 1.165) is 30.6 Å². The summed E-state index contributed by atoms with van der Waals surface area (Å²) in [5.41, 5.74) is 2.10. The van der Waals surface area contributed by atoms with Crippen molar-refractivity contribution in [2.45, 2.75) is 57.3 Å². The first-order valence-corrected chi connectivity index (χ1v) is 10.5. The monoisotopic (exact) mass is 398 g/mol. The zero-order valence-corrected chi connectivity index (χ0v) is 17.0. The second-order valence-electron chi connectivity index (χ2n) is 7.85. The van der Waals surface area contributed by atoms with Crippen LogP contribution in [0, 0.1) is 18.2 Å². The van der Waals surface area contributed by atoms with Crippen molar-refractivity contribution in [1.82, 2.24) is 9.47 Å². The Bertz CT molecular complexity index is 792. The summed E-state index contributed by atoms with van der Waals surface area (Å²) in [5, 5.41) is 10.5. The molecule has 1 aromatic carbocycles. The zero-order chi connectivity index (χ0) is 20.5. The van der Waals surface area contributed by atoms with Gasteiger partial charge in [0.2, 0.25) is 0 Å². The maximum Gasteiger partial charge on any atom is 0.123 e. The third-order valence-corrected chi connectivity index (χ3v) is 5.56. The van der Waals surface area contributed by atoms with E-state index in [1.807, 2.05) is 18.3 Å². The average molecular weight is 399 g/mol. The molecule has 1 saturated carbocycles. The van der Waals surface area contributed by atoms with Gasteiger partial charge in [-0.3, -0.25) is 4.90 Å². The van der Waals surface area contributed by atoms with Gasteiger partial charge in [0.05, 0.1) is 12.7 Å². The normalized spacial score (nSPS) is 16.1. The zero-order valence-electron chi connectivity index (χ0n) is 17.0. The van der Waals surface area contributed by atoms with E-state index >= 15 is 0 Å². The second-order valence-corrected chi connectivity index (χ2v) is 7.85. The standard InChI is InChI=1S/C24H31FN2O2/c1-2-14-29-19-24(28)18-27(22-10-4-3-5-11-22)17-23-12-7-13-26(23)16-20-8-6-9-21(25)15-20/h1,6-9,12-13,15,22,24,28H,3-5,10-11,14,16-19H2/t24-/m1/s1. The molecule has 2 aromatic rings. The van der Waals surface area contributed by atoms with Crippen LogP contribution in [0.25, 0.3) is 0 Å². The van der Waals surface area contributed by atoms with E-state index in [0.29, 0.717) is 19.1 Å². The van der Waals surface area contributed by atoms with E-state index < -0.39 is 6.10 Å². The Balaban J connectivity index is 1.68. The predicted molar refractivity (Wildman–Crippen MR) is 113 cm³/mol. The molecule has 0 spiro atoms. The third kappa shape index (κ3) is 6.71. The molecule has 0 amide bonds. The molecular formula is C24H31FN2O2. The number of aliphatic hydroxyl groups is 1. The highest BCUT2D eigenvalue weighted by atomic mass is 19.1. The van der Waals surface area contributed by atoms with Gasteiger partial charge in [0.25, 0.3) is 0 Å². The van der Waals surface area contributed by atoms with Gasteiger partial charge in [-0.1, -0.05) is 37.3 Å². The summed E-state index contributed by atoms with van der Waals surface area (Å²) in [5.74, 6) is 2.22. The predicted octanol–water partition coefficient (Wildman–Crippen LogP) is 3.82. The Morgan fingerprint density at radius 3 is 2.83 bits per heavy atom. The van der Waals surface area contributed by atoms with E-state index in [-0.39, 0.29) is 19.0 Å². The van der Waals surface area contributed by atoms with Crippen molar-refractivity contribution in [2.24, 2.45) is 0 Å². The summed E-state index contributed by atoms with van der Waals surface area (Å²) in [6, 6.07) is 11.3. The molecule has 1 aliphatic rings. The first-order valence-electron chi connectivity index (χ1n) is 10.5. The maximum atomic E-state index is 13.6. The molecular weight excluding hydrogens is 367 g/mol. The smallest absolute Gasteiger partial charge is 0.123 e. The van der Waals surface area contributed by atoms with Crippen LogP contribution in [0.1, 0.15) is 43.4 Å². The summed E-state index contributed by atoms with van der Waals surface area (Å²) in [4.78, 5) is 2.38. The quantitative estimate of drug-likeness (QED) is 0.488. The van der Waals surface area contributed by atoms with Crippen LogP contribution < -0.4 is 0 Å². The number of halogens is 1. The minimum absolute atomic E-state index is 0.213. The molecule has 0 radical (unpaired) electrons. The Labute approximate surface area is 173 Å². The van der Waals surface area contributed by atoms with Crippen LogP contribution in [0.15, 0.2) is 42.6 Å². The minimum atomic E-state index is -0.572. The largest absolute Gasteiger partial charge is 0.389 e. The Morgan fingerprint density at radius 2 is 2.07 bits per heavy atom. The molecule has 1 aromatic heterocycles. The fourth-order valence-corrected chi connectivity index (χ4v) is 4.15. The van der Waals surface area contributed by atoms with Crippen LogP contribution in [-0.2, 0) is 17.8 Å². The van der Waals surface area contributed by atoms with Crippen molar-refractivity contribution in [3.05, 3.63) is 59.7 Å². The Morgan fingerprint density at radius 1 is 1.24 bits per heavy atom. The number of nitrogens with zero attached hydrogens (tertiary/aromatic N) is 2. The van der Waals surface area contributed by atoms with Gasteiger partial charge in [-0.25, -0.2) is 4.39 Å². The van der Waals surface area contributed by atoms with E-state index in [9.17, 15) is 9.50 Å². The van der Waals surface area contributed by atoms with Gasteiger partial charge in [-0.05, 0) is 42.7 Å². The van der Waals surface area contributed by atoms with Gasteiger partial charge in [-0.15, -0.1) is 6.42 Å². The number of ether oxygens (including phenoxy) is 1. The minimum Gasteiger partial charge on any atom is -0.389 e. The molecule has 0 saturated heterocycles. The number of aromatic nitrogens is 1. The molecule has 156 valence electrons. The summed E-state index contributed by atoms with van der Waals surface area (Å²) in [6.45, 7) is 2.40. The molecule has 0 aliphatic heterocycles. The molecule has 3 rings (SSSR count). The molecule has 1 aliphatic carbocycles. The van der Waals surface area contributed by atoms with Crippen molar-refractivity contribution < 1.29 is 14.2 Å². The first kappa shape index (κ1) is 21.6. The molecule has 1 fully saturated rings. The molecule has 0 bridgehead atoms. The van der Waals surface area contributed by atoms with Crippen LogP contribution in [0.4, 0.5) is 4.39 Å². The Kier molecular flexibility index (Phi) is 8.30. The number of benzene rings is 1. The van der Waals surface area contributed by atoms with Crippen molar-refractivity contribution in [1.29, 1.82) is 0 Å². The van der Waals surface area contributed by atoms with Gasteiger partial charge in [-0.2, -0.15) is 0 Å². The number of aliphatic hydroxyl groups excluding tert-OH is 1. The van der Waals surface area contributed by atoms with Crippen LogP contribution in [0.3, 0.4) is 0 Å². The number of rotatable bonds is 10. The van der Waals surface area contributed by atoms with Gasteiger partial charge < -0.3 is 14.4 Å². The average Bonchev–Trinajstić information content (AvgIpc) is 3.15. The van der Waals surface area contributed by atoms with Crippen molar-refractivity contribution in [3.63, 3.8) is 0 Å². The van der Waals surface area contributed by atoms with Crippen molar-refractivity contribution in [3.8, 4) is 12.3 Å². The lowest BCUT2D eigenvalue weighted by atomic mass is 9.94. The molecule has 5 heteroatoms. The maximum absolute atomic E-state index is 13.6. The van der Waals surface area contributed by atoms with E-state index in [1.165, 1.54) is 25.3 Å². The van der Waals surface area contributed by atoms with Gasteiger partial charge in [0, 0.05) is 37.6 Å². The lowest BCUT2D eigenvalue weighted by Gasteiger charge is -2.35. The number of terminal acetylenes is 1. The summed E-state index contributed by atoms with van der Waals surface area (Å²) >= 11 is 0. The molecule has 29 heavy (non-hydrogen) atoms. The summed E-state index contributed by atoms with van der Waals surface area (Å²) in [7, 11) is 0. The Hall–Kier alpha value is -2.13. The third-order valence-electron chi connectivity index (χ3n) is 5.56.